The molecule has 6 nitrogen and oxygen atoms in total. The van der Waals surface area contributed by atoms with Gasteiger partial charge in [-0.25, -0.2) is 0 Å². The Kier molecular flexibility index (Phi) is 6.25. The third-order valence-corrected chi connectivity index (χ3v) is 4.00. The van der Waals surface area contributed by atoms with Gasteiger partial charge >= 0.3 is 0 Å². The molecule has 28 heavy (non-hydrogen) atoms. The summed E-state index contributed by atoms with van der Waals surface area (Å²) in [5, 5.41) is 8.66. The molecule has 3 aromatic carbocycles. The molecule has 0 saturated carbocycles. The minimum Gasteiger partial charge on any atom is -0.497 e. The SMILES string of the molecule is COc1cccc(NC(=O)CNc2ccccc2C(=O)Nc2ccccc2)c1. The Balaban J connectivity index is 1.63. The molecule has 0 spiro atoms. The van der Waals surface area contributed by atoms with Gasteiger partial charge in [0, 0.05) is 23.1 Å². The van der Waals surface area contributed by atoms with Gasteiger partial charge in [0.1, 0.15) is 5.75 Å². The molecule has 142 valence electrons. The smallest absolute Gasteiger partial charge is 0.257 e. The van der Waals surface area contributed by atoms with Crippen LogP contribution in [0.5, 0.6) is 5.75 Å². The zero-order valence-electron chi connectivity index (χ0n) is 15.4. The number of para-hydroxylation sites is 2. The van der Waals surface area contributed by atoms with Crippen LogP contribution in [0, 0.1) is 0 Å². The fourth-order valence-electron chi connectivity index (χ4n) is 2.64. The normalized spacial score (nSPS) is 10.0. The van der Waals surface area contributed by atoms with Crippen LogP contribution in [0.1, 0.15) is 10.4 Å². The lowest BCUT2D eigenvalue weighted by atomic mass is 10.1. The van der Waals surface area contributed by atoms with Crippen molar-refractivity contribution in [2.45, 2.75) is 0 Å². The van der Waals surface area contributed by atoms with Crippen LogP contribution in [0.3, 0.4) is 0 Å². The van der Waals surface area contributed by atoms with E-state index in [4.69, 9.17) is 4.74 Å². The first-order valence-electron chi connectivity index (χ1n) is 8.79. The average Bonchev–Trinajstić information content (AvgIpc) is 2.73. The van der Waals surface area contributed by atoms with E-state index in [1.54, 1.807) is 49.6 Å². The van der Waals surface area contributed by atoms with E-state index in [0.29, 0.717) is 28.4 Å². The van der Waals surface area contributed by atoms with Crippen LogP contribution in [0.4, 0.5) is 17.1 Å². The molecule has 0 heterocycles. The second-order valence-electron chi connectivity index (χ2n) is 6.00. The molecule has 2 amide bonds. The monoisotopic (exact) mass is 375 g/mol. The predicted octanol–water partition coefficient (Wildman–Crippen LogP) is 4.00. The number of ether oxygens (including phenoxy) is 1. The number of hydrogen-bond acceptors (Lipinski definition) is 4. The standard InChI is InChI=1S/C22H21N3O3/c1-28-18-11-7-10-17(14-18)24-21(26)15-23-20-13-6-5-12-19(20)22(27)25-16-8-3-2-4-9-16/h2-14,23H,15H2,1H3,(H,24,26)(H,25,27). The van der Waals surface area contributed by atoms with Crippen LogP contribution in [0.2, 0.25) is 0 Å². The summed E-state index contributed by atoms with van der Waals surface area (Å²) in [7, 11) is 1.57. The fraction of sp³-hybridized carbons (Fsp3) is 0.0909. The molecule has 0 bridgehead atoms. The molecule has 3 N–H and O–H groups in total. The zero-order chi connectivity index (χ0) is 19.8. The lowest BCUT2D eigenvalue weighted by molar-refractivity contribution is -0.114. The maximum absolute atomic E-state index is 12.6. The topological polar surface area (TPSA) is 79.5 Å². The van der Waals surface area contributed by atoms with Crippen molar-refractivity contribution < 1.29 is 14.3 Å². The van der Waals surface area contributed by atoms with Crippen molar-refractivity contribution in [1.82, 2.24) is 0 Å². The Labute approximate surface area is 163 Å². The highest BCUT2D eigenvalue weighted by molar-refractivity contribution is 6.08. The van der Waals surface area contributed by atoms with E-state index in [2.05, 4.69) is 16.0 Å². The Morgan fingerprint density at radius 2 is 1.54 bits per heavy atom. The summed E-state index contributed by atoms with van der Waals surface area (Å²) in [6.45, 7) is 0.0207. The number of amides is 2. The summed E-state index contributed by atoms with van der Waals surface area (Å²) in [5.41, 5.74) is 2.39. The number of carbonyl (C=O) groups excluding carboxylic acids is 2. The molecule has 3 rings (SSSR count). The molecule has 0 unspecified atom stereocenters. The first kappa shape index (κ1) is 19.0. The molecular weight excluding hydrogens is 354 g/mol. The average molecular weight is 375 g/mol. The second kappa shape index (κ2) is 9.23. The van der Waals surface area contributed by atoms with E-state index in [9.17, 15) is 9.59 Å². The molecule has 0 fully saturated rings. The van der Waals surface area contributed by atoms with E-state index in [0.717, 1.165) is 0 Å². The van der Waals surface area contributed by atoms with Crippen molar-refractivity contribution >= 4 is 28.9 Å². The number of nitrogens with one attached hydrogen (secondary N) is 3. The number of anilines is 3. The highest BCUT2D eigenvalue weighted by atomic mass is 16.5. The minimum absolute atomic E-state index is 0.0207. The molecular formula is C22H21N3O3. The van der Waals surface area contributed by atoms with Gasteiger partial charge in [-0.05, 0) is 36.4 Å². The van der Waals surface area contributed by atoms with Gasteiger partial charge in [0.25, 0.3) is 5.91 Å². The molecule has 0 atom stereocenters. The van der Waals surface area contributed by atoms with Crippen LogP contribution < -0.4 is 20.7 Å². The first-order chi connectivity index (χ1) is 13.7. The number of carbonyl (C=O) groups is 2. The van der Waals surface area contributed by atoms with Crippen molar-refractivity contribution in [1.29, 1.82) is 0 Å². The van der Waals surface area contributed by atoms with Gasteiger partial charge in [-0.15, -0.1) is 0 Å². The van der Waals surface area contributed by atoms with Crippen LogP contribution in [0.25, 0.3) is 0 Å². The van der Waals surface area contributed by atoms with E-state index in [1.165, 1.54) is 0 Å². The highest BCUT2D eigenvalue weighted by Gasteiger charge is 2.12. The predicted molar refractivity (Wildman–Crippen MR) is 111 cm³/mol. The Bertz CT molecular complexity index is 958. The summed E-state index contributed by atoms with van der Waals surface area (Å²) in [6, 6.07) is 23.4. The highest BCUT2D eigenvalue weighted by Crippen LogP contribution is 2.18. The fourth-order valence-corrected chi connectivity index (χ4v) is 2.64. The number of rotatable bonds is 7. The summed E-state index contributed by atoms with van der Waals surface area (Å²) < 4.78 is 5.15. The van der Waals surface area contributed by atoms with Gasteiger partial charge in [0.2, 0.25) is 5.91 Å². The van der Waals surface area contributed by atoms with Gasteiger partial charge in [0.05, 0.1) is 19.2 Å². The first-order valence-corrected chi connectivity index (χ1v) is 8.79. The maximum atomic E-state index is 12.6. The molecule has 0 aliphatic carbocycles. The summed E-state index contributed by atoms with van der Waals surface area (Å²) >= 11 is 0. The molecule has 0 aromatic heterocycles. The van der Waals surface area contributed by atoms with Crippen molar-refractivity contribution in [3.8, 4) is 5.75 Å². The number of benzene rings is 3. The van der Waals surface area contributed by atoms with Crippen LogP contribution in [-0.2, 0) is 4.79 Å². The number of hydrogen-bond donors (Lipinski definition) is 3. The van der Waals surface area contributed by atoms with Gasteiger partial charge in [-0.2, -0.15) is 0 Å². The van der Waals surface area contributed by atoms with Gasteiger partial charge < -0.3 is 20.7 Å². The van der Waals surface area contributed by atoms with Crippen molar-refractivity contribution in [3.63, 3.8) is 0 Å². The van der Waals surface area contributed by atoms with Crippen LogP contribution >= 0.6 is 0 Å². The van der Waals surface area contributed by atoms with E-state index in [1.807, 2.05) is 36.4 Å². The summed E-state index contributed by atoms with van der Waals surface area (Å²) in [4.78, 5) is 24.8. The molecule has 3 aromatic rings. The van der Waals surface area contributed by atoms with Gasteiger partial charge in [-0.1, -0.05) is 36.4 Å². The van der Waals surface area contributed by atoms with E-state index >= 15 is 0 Å². The van der Waals surface area contributed by atoms with E-state index in [-0.39, 0.29) is 18.4 Å². The summed E-state index contributed by atoms with van der Waals surface area (Å²) in [6.07, 6.45) is 0. The lowest BCUT2D eigenvalue weighted by Crippen LogP contribution is -2.23. The van der Waals surface area contributed by atoms with Gasteiger partial charge in [0.15, 0.2) is 0 Å². The Morgan fingerprint density at radius 1 is 0.821 bits per heavy atom. The largest absolute Gasteiger partial charge is 0.497 e. The second-order valence-corrected chi connectivity index (χ2v) is 6.00. The molecule has 0 aliphatic heterocycles. The molecule has 0 radical (unpaired) electrons. The maximum Gasteiger partial charge on any atom is 0.257 e. The summed E-state index contributed by atoms with van der Waals surface area (Å²) in [5.74, 6) is 0.183. The van der Waals surface area contributed by atoms with Crippen molar-refractivity contribution in [2.24, 2.45) is 0 Å². The van der Waals surface area contributed by atoms with Crippen LogP contribution in [0.15, 0.2) is 78.9 Å². The van der Waals surface area contributed by atoms with Gasteiger partial charge in [-0.3, -0.25) is 9.59 Å². The lowest BCUT2D eigenvalue weighted by Gasteiger charge is -2.13. The number of methoxy groups -OCH3 is 1. The van der Waals surface area contributed by atoms with Crippen molar-refractivity contribution in [3.05, 3.63) is 84.4 Å². The quantitative estimate of drug-likeness (QED) is 0.583. The minimum atomic E-state index is -0.248. The molecule has 0 saturated heterocycles. The third kappa shape index (κ3) is 5.11. The zero-order valence-corrected chi connectivity index (χ0v) is 15.4. The third-order valence-electron chi connectivity index (χ3n) is 4.00. The van der Waals surface area contributed by atoms with Crippen molar-refractivity contribution in [2.75, 3.05) is 29.6 Å². The van der Waals surface area contributed by atoms with Crippen LogP contribution in [-0.4, -0.2) is 25.5 Å². The Hall–Kier alpha value is -3.80. The Morgan fingerprint density at radius 3 is 2.32 bits per heavy atom. The van der Waals surface area contributed by atoms with E-state index < -0.39 is 0 Å². The molecule has 6 heteroatoms. The molecule has 0 aliphatic rings.